The number of nitrogens with one attached hydrogen (secondary N) is 1. The second-order valence-corrected chi connectivity index (χ2v) is 6.65. The minimum absolute atomic E-state index is 0.0203. The van der Waals surface area contributed by atoms with Gasteiger partial charge in [-0.25, -0.2) is 4.98 Å². The molecule has 1 aliphatic heterocycles. The summed E-state index contributed by atoms with van der Waals surface area (Å²) in [5.41, 5.74) is 1.99. The van der Waals surface area contributed by atoms with Gasteiger partial charge >= 0.3 is 0 Å². The highest BCUT2D eigenvalue weighted by Gasteiger charge is 2.13. The van der Waals surface area contributed by atoms with Crippen molar-refractivity contribution >= 4 is 27.5 Å². The zero-order valence-corrected chi connectivity index (χ0v) is 13.8. The van der Waals surface area contributed by atoms with Gasteiger partial charge in [-0.15, -0.1) is 11.3 Å². The topological polar surface area (TPSA) is 60.5 Å². The second kappa shape index (κ2) is 6.49. The average Bonchev–Trinajstić information content (AvgIpc) is 3.23. The number of carbonyl (C=O) groups is 1. The van der Waals surface area contributed by atoms with Gasteiger partial charge in [0.1, 0.15) is 0 Å². The number of amides is 1. The van der Waals surface area contributed by atoms with Gasteiger partial charge in [0, 0.05) is 19.4 Å². The van der Waals surface area contributed by atoms with Gasteiger partial charge in [-0.2, -0.15) is 0 Å². The van der Waals surface area contributed by atoms with E-state index in [9.17, 15) is 4.79 Å². The molecule has 2 aromatic carbocycles. The number of hydrogen-bond acceptors (Lipinski definition) is 5. The molecule has 3 aromatic rings. The number of thiazole rings is 1. The normalized spacial score (nSPS) is 12.5. The van der Waals surface area contributed by atoms with Crippen molar-refractivity contribution in [3.63, 3.8) is 0 Å². The van der Waals surface area contributed by atoms with E-state index in [2.05, 4.69) is 16.4 Å². The molecule has 5 nitrogen and oxygen atoms in total. The lowest BCUT2D eigenvalue weighted by Gasteiger charge is -2.05. The minimum Gasteiger partial charge on any atom is -0.454 e. The third-order valence-electron chi connectivity index (χ3n) is 3.83. The Labute approximate surface area is 143 Å². The summed E-state index contributed by atoms with van der Waals surface area (Å²) in [4.78, 5) is 16.6. The predicted molar refractivity (Wildman–Crippen MR) is 92.4 cm³/mol. The first kappa shape index (κ1) is 15.0. The van der Waals surface area contributed by atoms with Gasteiger partial charge in [-0.1, -0.05) is 18.2 Å². The van der Waals surface area contributed by atoms with Crippen molar-refractivity contribution in [2.45, 2.75) is 19.4 Å². The number of aryl methyl sites for hydroxylation is 1. The van der Waals surface area contributed by atoms with E-state index in [1.165, 1.54) is 0 Å². The van der Waals surface area contributed by atoms with Gasteiger partial charge in [-0.3, -0.25) is 4.79 Å². The number of nitrogens with zero attached hydrogens (tertiary/aromatic N) is 1. The van der Waals surface area contributed by atoms with E-state index >= 15 is 0 Å². The average molecular weight is 340 g/mol. The van der Waals surface area contributed by atoms with Crippen LogP contribution in [0.2, 0.25) is 0 Å². The van der Waals surface area contributed by atoms with Crippen LogP contribution < -0.4 is 14.8 Å². The minimum atomic E-state index is 0.0203. The summed E-state index contributed by atoms with van der Waals surface area (Å²) in [7, 11) is 0. The maximum Gasteiger partial charge on any atom is 0.231 e. The highest BCUT2D eigenvalue weighted by Crippen LogP contribution is 2.32. The lowest BCUT2D eigenvalue weighted by molar-refractivity contribution is -0.121. The van der Waals surface area contributed by atoms with E-state index in [1.807, 2.05) is 36.4 Å². The Morgan fingerprint density at radius 3 is 2.96 bits per heavy atom. The van der Waals surface area contributed by atoms with E-state index < -0.39 is 0 Å². The smallest absolute Gasteiger partial charge is 0.231 e. The predicted octanol–water partition coefficient (Wildman–Crippen LogP) is 3.27. The third-order valence-corrected chi connectivity index (χ3v) is 4.93. The molecule has 0 saturated carbocycles. The van der Waals surface area contributed by atoms with Crippen LogP contribution in [0, 0.1) is 0 Å². The second-order valence-electron chi connectivity index (χ2n) is 5.54. The van der Waals surface area contributed by atoms with Crippen LogP contribution in [0.25, 0.3) is 10.2 Å². The van der Waals surface area contributed by atoms with Crippen LogP contribution >= 0.6 is 11.3 Å². The Bertz CT molecular complexity index is 858. The van der Waals surface area contributed by atoms with Crippen molar-refractivity contribution in [3.8, 4) is 11.5 Å². The quantitative estimate of drug-likeness (QED) is 0.774. The van der Waals surface area contributed by atoms with Crippen molar-refractivity contribution < 1.29 is 14.3 Å². The Kier molecular flexibility index (Phi) is 4.04. The summed E-state index contributed by atoms with van der Waals surface area (Å²) in [6.45, 7) is 0.739. The molecule has 2 heterocycles. The summed E-state index contributed by atoms with van der Waals surface area (Å²) >= 11 is 1.65. The number of fused-ring (bicyclic) bond motifs is 2. The Balaban J connectivity index is 1.30. The molecule has 0 radical (unpaired) electrons. The molecular weight excluding hydrogens is 324 g/mol. The molecule has 0 bridgehead atoms. The molecule has 0 fully saturated rings. The van der Waals surface area contributed by atoms with Gasteiger partial charge in [0.2, 0.25) is 12.7 Å². The van der Waals surface area contributed by atoms with Gasteiger partial charge in [0.05, 0.1) is 15.2 Å². The number of para-hydroxylation sites is 1. The van der Waals surface area contributed by atoms with Crippen LogP contribution in [-0.4, -0.2) is 17.7 Å². The maximum absolute atomic E-state index is 12.0. The molecule has 0 atom stereocenters. The molecule has 1 amide bonds. The fourth-order valence-corrected chi connectivity index (χ4v) is 3.55. The molecule has 0 aliphatic carbocycles. The van der Waals surface area contributed by atoms with Gasteiger partial charge in [-0.05, 0) is 29.8 Å². The molecule has 6 heteroatoms. The summed E-state index contributed by atoms with van der Waals surface area (Å²) in [6, 6.07) is 13.7. The molecule has 122 valence electrons. The highest BCUT2D eigenvalue weighted by molar-refractivity contribution is 7.18. The summed E-state index contributed by atoms with van der Waals surface area (Å²) in [5, 5.41) is 3.93. The zero-order valence-electron chi connectivity index (χ0n) is 13.0. The van der Waals surface area contributed by atoms with Crippen LogP contribution in [0.15, 0.2) is 42.5 Å². The fraction of sp³-hybridized carbons (Fsp3) is 0.222. The standard InChI is InChI=1S/C18H16N2O3S/c21-17(7-8-18-20-13-3-1-2-4-16(13)24-18)19-10-12-5-6-14-15(9-12)23-11-22-14/h1-6,9H,7-8,10-11H2,(H,19,21). The zero-order chi connectivity index (χ0) is 16.4. The Hall–Kier alpha value is -2.60. The first-order valence-electron chi connectivity index (χ1n) is 7.77. The van der Waals surface area contributed by atoms with Crippen LogP contribution in [0.1, 0.15) is 17.0 Å². The highest BCUT2D eigenvalue weighted by atomic mass is 32.1. The van der Waals surface area contributed by atoms with Crippen molar-refractivity contribution in [1.29, 1.82) is 0 Å². The van der Waals surface area contributed by atoms with E-state index in [1.54, 1.807) is 11.3 Å². The number of benzene rings is 2. The molecule has 1 aliphatic rings. The monoisotopic (exact) mass is 340 g/mol. The molecule has 4 rings (SSSR count). The molecule has 0 spiro atoms. The Morgan fingerprint density at radius 2 is 2.04 bits per heavy atom. The fourth-order valence-electron chi connectivity index (χ4n) is 2.59. The first-order valence-corrected chi connectivity index (χ1v) is 8.59. The lowest BCUT2D eigenvalue weighted by Crippen LogP contribution is -2.22. The Morgan fingerprint density at radius 1 is 1.17 bits per heavy atom. The number of rotatable bonds is 5. The SMILES string of the molecule is O=C(CCc1nc2ccccc2s1)NCc1ccc2c(c1)OCO2. The number of carbonyl (C=O) groups excluding carboxylic acids is 1. The van der Waals surface area contributed by atoms with Crippen molar-refractivity contribution in [2.75, 3.05) is 6.79 Å². The molecule has 1 aromatic heterocycles. The number of hydrogen-bond donors (Lipinski definition) is 1. The van der Waals surface area contributed by atoms with Crippen LogP contribution in [-0.2, 0) is 17.8 Å². The summed E-state index contributed by atoms with van der Waals surface area (Å²) in [5.74, 6) is 1.50. The summed E-state index contributed by atoms with van der Waals surface area (Å²) < 4.78 is 11.8. The molecule has 24 heavy (non-hydrogen) atoms. The third kappa shape index (κ3) is 3.19. The summed E-state index contributed by atoms with van der Waals surface area (Å²) in [6.07, 6.45) is 1.09. The molecule has 1 N–H and O–H groups in total. The van der Waals surface area contributed by atoms with Crippen molar-refractivity contribution in [3.05, 3.63) is 53.0 Å². The largest absolute Gasteiger partial charge is 0.454 e. The van der Waals surface area contributed by atoms with E-state index in [0.29, 0.717) is 19.4 Å². The number of aromatic nitrogens is 1. The van der Waals surface area contributed by atoms with Crippen molar-refractivity contribution in [2.24, 2.45) is 0 Å². The lowest BCUT2D eigenvalue weighted by atomic mass is 10.2. The van der Waals surface area contributed by atoms with Crippen LogP contribution in [0.5, 0.6) is 11.5 Å². The number of ether oxygens (including phenoxy) is 2. The molecule has 0 saturated heterocycles. The molecule has 0 unspecified atom stereocenters. The van der Waals surface area contributed by atoms with E-state index in [0.717, 1.165) is 32.3 Å². The maximum atomic E-state index is 12.0. The van der Waals surface area contributed by atoms with Gasteiger partial charge < -0.3 is 14.8 Å². The van der Waals surface area contributed by atoms with Crippen LogP contribution in [0.3, 0.4) is 0 Å². The van der Waals surface area contributed by atoms with Crippen LogP contribution in [0.4, 0.5) is 0 Å². The van der Waals surface area contributed by atoms with Gasteiger partial charge in [0.25, 0.3) is 0 Å². The van der Waals surface area contributed by atoms with Gasteiger partial charge in [0.15, 0.2) is 11.5 Å². The van der Waals surface area contributed by atoms with E-state index in [4.69, 9.17) is 9.47 Å². The van der Waals surface area contributed by atoms with E-state index in [-0.39, 0.29) is 12.7 Å². The van der Waals surface area contributed by atoms with Crippen molar-refractivity contribution in [1.82, 2.24) is 10.3 Å². The molecular formula is C18H16N2O3S. The first-order chi connectivity index (χ1) is 11.8.